The molecule has 3 nitrogen and oxygen atoms in total. The van der Waals surface area contributed by atoms with Crippen LogP contribution >= 0.6 is 39.1 Å². The number of hydrogen-bond donors (Lipinski definition) is 1. The maximum absolute atomic E-state index is 11.8. The SMILES string of the molecule is O=C(N/N=C\c1ccc(Cl)c(Cl)c1)c1ccc(Br)cc1. The van der Waals surface area contributed by atoms with Crippen molar-refractivity contribution in [1.82, 2.24) is 5.43 Å². The molecule has 0 atom stereocenters. The number of rotatable bonds is 3. The summed E-state index contributed by atoms with van der Waals surface area (Å²) in [5, 5.41) is 4.79. The Balaban J connectivity index is 2.00. The predicted molar refractivity (Wildman–Crippen MR) is 85.7 cm³/mol. The van der Waals surface area contributed by atoms with Crippen molar-refractivity contribution >= 4 is 51.3 Å². The topological polar surface area (TPSA) is 41.5 Å². The molecule has 0 fully saturated rings. The third kappa shape index (κ3) is 4.07. The maximum atomic E-state index is 11.8. The zero-order valence-corrected chi connectivity index (χ0v) is 13.2. The minimum atomic E-state index is -0.284. The number of hydrogen-bond acceptors (Lipinski definition) is 2. The Morgan fingerprint density at radius 1 is 1.10 bits per heavy atom. The Bertz CT molecular complexity index is 657. The van der Waals surface area contributed by atoms with Crippen LogP contribution in [0, 0.1) is 0 Å². The molecule has 2 aromatic rings. The lowest BCUT2D eigenvalue weighted by molar-refractivity contribution is 0.0955. The Morgan fingerprint density at radius 2 is 1.80 bits per heavy atom. The number of halogens is 3. The average Bonchev–Trinajstić information content (AvgIpc) is 2.43. The third-order valence-electron chi connectivity index (χ3n) is 2.43. The summed E-state index contributed by atoms with van der Waals surface area (Å²) in [4.78, 5) is 11.8. The first-order valence-corrected chi connectivity index (χ1v) is 7.15. The first-order chi connectivity index (χ1) is 9.56. The minimum Gasteiger partial charge on any atom is -0.267 e. The van der Waals surface area contributed by atoms with Crippen molar-refractivity contribution in [2.75, 3.05) is 0 Å². The monoisotopic (exact) mass is 370 g/mol. The van der Waals surface area contributed by atoms with Gasteiger partial charge in [0.15, 0.2) is 0 Å². The van der Waals surface area contributed by atoms with E-state index in [0.717, 1.165) is 10.0 Å². The number of carbonyl (C=O) groups excluding carboxylic acids is 1. The second-order valence-electron chi connectivity index (χ2n) is 3.88. The summed E-state index contributed by atoms with van der Waals surface area (Å²) in [6, 6.07) is 12.1. The highest BCUT2D eigenvalue weighted by Gasteiger charge is 2.03. The number of hydrazone groups is 1. The molecule has 102 valence electrons. The van der Waals surface area contributed by atoms with Gasteiger partial charge in [-0.1, -0.05) is 45.2 Å². The highest BCUT2D eigenvalue weighted by Crippen LogP contribution is 2.21. The average molecular weight is 372 g/mol. The Hall–Kier alpha value is -1.36. The van der Waals surface area contributed by atoms with Gasteiger partial charge < -0.3 is 0 Å². The van der Waals surface area contributed by atoms with Gasteiger partial charge in [0.1, 0.15) is 0 Å². The molecule has 0 aliphatic heterocycles. The molecule has 0 aliphatic rings. The summed E-state index contributed by atoms with van der Waals surface area (Å²) < 4.78 is 0.911. The third-order valence-corrected chi connectivity index (χ3v) is 3.70. The molecule has 0 spiro atoms. The summed E-state index contributed by atoms with van der Waals surface area (Å²) in [7, 11) is 0. The Labute approximate surface area is 134 Å². The van der Waals surface area contributed by atoms with Crippen molar-refractivity contribution < 1.29 is 4.79 Å². The van der Waals surface area contributed by atoms with E-state index in [4.69, 9.17) is 23.2 Å². The van der Waals surface area contributed by atoms with E-state index < -0.39 is 0 Å². The molecule has 0 saturated heterocycles. The van der Waals surface area contributed by atoms with Crippen molar-refractivity contribution in [3.63, 3.8) is 0 Å². The first kappa shape index (κ1) is 15.0. The molecule has 0 saturated carbocycles. The summed E-state index contributed by atoms with van der Waals surface area (Å²) in [5.41, 5.74) is 3.71. The fourth-order valence-electron chi connectivity index (χ4n) is 1.42. The van der Waals surface area contributed by atoms with Crippen molar-refractivity contribution in [3.05, 3.63) is 68.1 Å². The smallest absolute Gasteiger partial charge is 0.267 e. The fourth-order valence-corrected chi connectivity index (χ4v) is 1.99. The number of nitrogens with one attached hydrogen (secondary N) is 1. The lowest BCUT2D eigenvalue weighted by atomic mass is 10.2. The van der Waals surface area contributed by atoms with Crippen molar-refractivity contribution in [3.8, 4) is 0 Å². The Morgan fingerprint density at radius 3 is 2.45 bits per heavy atom. The number of nitrogens with zero attached hydrogens (tertiary/aromatic N) is 1. The normalized spacial score (nSPS) is 10.8. The van der Waals surface area contributed by atoms with Gasteiger partial charge in [-0.25, -0.2) is 5.43 Å². The Kier molecular flexibility index (Phi) is 5.17. The van der Waals surface area contributed by atoms with Crippen LogP contribution < -0.4 is 5.43 Å². The van der Waals surface area contributed by atoms with Crippen LogP contribution in [0.15, 0.2) is 52.0 Å². The standard InChI is InChI=1S/C14H9BrCl2N2O/c15-11-4-2-10(3-5-11)14(20)19-18-8-9-1-6-12(16)13(17)7-9/h1-8H,(H,19,20)/b18-8-. The second kappa shape index (κ2) is 6.88. The molecule has 0 heterocycles. The minimum absolute atomic E-state index is 0.284. The predicted octanol–water partition coefficient (Wildman–Crippen LogP) is 4.52. The molecule has 0 radical (unpaired) electrons. The van der Waals surface area contributed by atoms with Gasteiger partial charge in [-0.3, -0.25) is 4.79 Å². The van der Waals surface area contributed by atoms with E-state index in [1.165, 1.54) is 6.21 Å². The molecule has 0 aliphatic carbocycles. The van der Waals surface area contributed by atoms with Gasteiger partial charge in [0.2, 0.25) is 0 Å². The van der Waals surface area contributed by atoms with E-state index >= 15 is 0 Å². The van der Waals surface area contributed by atoms with Crippen LogP contribution in [0.4, 0.5) is 0 Å². The molecule has 2 aromatic carbocycles. The molecule has 6 heteroatoms. The van der Waals surface area contributed by atoms with Crippen LogP contribution in [0.3, 0.4) is 0 Å². The van der Waals surface area contributed by atoms with Crippen molar-refractivity contribution in [1.29, 1.82) is 0 Å². The lowest BCUT2D eigenvalue weighted by Gasteiger charge is -2.00. The van der Waals surface area contributed by atoms with Gasteiger partial charge in [-0.2, -0.15) is 5.10 Å². The van der Waals surface area contributed by atoms with Crippen LogP contribution in [-0.2, 0) is 0 Å². The maximum Gasteiger partial charge on any atom is 0.271 e. The van der Waals surface area contributed by atoms with Gasteiger partial charge in [0.05, 0.1) is 16.3 Å². The van der Waals surface area contributed by atoms with Gasteiger partial charge in [-0.05, 0) is 42.0 Å². The van der Waals surface area contributed by atoms with E-state index in [-0.39, 0.29) is 5.91 Å². The largest absolute Gasteiger partial charge is 0.271 e. The summed E-state index contributed by atoms with van der Waals surface area (Å²) >= 11 is 15.0. The number of carbonyl (C=O) groups is 1. The van der Waals surface area contributed by atoms with Gasteiger partial charge in [-0.15, -0.1) is 0 Å². The lowest BCUT2D eigenvalue weighted by Crippen LogP contribution is -2.17. The van der Waals surface area contributed by atoms with Gasteiger partial charge in [0.25, 0.3) is 5.91 Å². The van der Waals surface area contributed by atoms with Crippen LogP contribution in [0.1, 0.15) is 15.9 Å². The van der Waals surface area contributed by atoms with Crippen molar-refractivity contribution in [2.45, 2.75) is 0 Å². The fraction of sp³-hybridized carbons (Fsp3) is 0. The molecular formula is C14H9BrCl2N2O. The highest BCUT2D eigenvalue weighted by molar-refractivity contribution is 9.10. The summed E-state index contributed by atoms with van der Waals surface area (Å²) in [5.74, 6) is -0.284. The second-order valence-corrected chi connectivity index (χ2v) is 5.61. The quantitative estimate of drug-likeness (QED) is 0.625. The highest BCUT2D eigenvalue weighted by atomic mass is 79.9. The molecule has 2 rings (SSSR count). The molecule has 20 heavy (non-hydrogen) atoms. The van der Waals surface area contributed by atoms with E-state index in [2.05, 4.69) is 26.5 Å². The van der Waals surface area contributed by atoms with E-state index in [9.17, 15) is 4.79 Å². The van der Waals surface area contributed by atoms with E-state index in [1.54, 1.807) is 42.5 Å². The van der Waals surface area contributed by atoms with Gasteiger partial charge >= 0.3 is 0 Å². The number of benzene rings is 2. The molecule has 0 aromatic heterocycles. The van der Waals surface area contributed by atoms with Crippen LogP contribution in [0.5, 0.6) is 0 Å². The molecule has 0 bridgehead atoms. The van der Waals surface area contributed by atoms with Crippen molar-refractivity contribution in [2.24, 2.45) is 5.10 Å². The molecule has 0 unspecified atom stereocenters. The first-order valence-electron chi connectivity index (χ1n) is 5.60. The van der Waals surface area contributed by atoms with E-state index in [1.807, 2.05) is 0 Å². The van der Waals surface area contributed by atoms with Crippen LogP contribution in [0.2, 0.25) is 10.0 Å². The summed E-state index contributed by atoms with van der Waals surface area (Å²) in [6.07, 6.45) is 1.50. The van der Waals surface area contributed by atoms with Crippen LogP contribution in [-0.4, -0.2) is 12.1 Å². The summed E-state index contributed by atoms with van der Waals surface area (Å²) in [6.45, 7) is 0. The molecular weight excluding hydrogens is 363 g/mol. The molecule has 1 amide bonds. The zero-order chi connectivity index (χ0) is 14.5. The zero-order valence-electron chi connectivity index (χ0n) is 10.1. The van der Waals surface area contributed by atoms with Gasteiger partial charge in [0, 0.05) is 10.0 Å². The van der Waals surface area contributed by atoms with Crippen LogP contribution in [0.25, 0.3) is 0 Å². The molecule has 1 N–H and O–H groups in total. The number of amides is 1. The van der Waals surface area contributed by atoms with E-state index in [0.29, 0.717) is 15.6 Å².